The zero-order valence-corrected chi connectivity index (χ0v) is 35.5. The van der Waals surface area contributed by atoms with Gasteiger partial charge in [-0.2, -0.15) is 0 Å². The first-order valence-corrected chi connectivity index (χ1v) is 21.9. The molecular weight excluding hydrogens is 846 g/mol. The van der Waals surface area contributed by atoms with Crippen LogP contribution in [0.1, 0.15) is 86.8 Å². The van der Waals surface area contributed by atoms with Crippen molar-refractivity contribution in [1.82, 2.24) is 10.6 Å². The number of aliphatic hydroxyl groups excluding tert-OH is 2. The van der Waals surface area contributed by atoms with Crippen molar-refractivity contribution in [3.8, 4) is 0 Å². The van der Waals surface area contributed by atoms with E-state index in [4.69, 9.17) is 9.47 Å². The molecule has 14 nitrogen and oxygen atoms in total. The van der Waals surface area contributed by atoms with E-state index in [9.17, 15) is 44.1 Å². The summed E-state index contributed by atoms with van der Waals surface area (Å²) < 4.78 is 13.4. The number of ketones is 2. The van der Waals surface area contributed by atoms with Gasteiger partial charge >= 0.3 is 5.97 Å². The van der Waals surface area contributed by atoms with E-state index in [0.717, 1.165) is 33.7 Å². The Labute approximate surface area is 354 Å². The number of halogens is 1. The number of carbonyl (C=O) groups is 6. The van der Waals surface area contributed by atoms with Gasteiger partial charge in [0.25, 0.3) is 0 Å². The summed E-state index contributed by atoms with van der Waals surface area (Å²) in [6.07, 6.45) is 4.86. The van der Waals surface area contributed by atoms with Crippen molar-refractivity contribution in [3.05, 3.63) is 75.5 Å². The van der Waals surface area contributed by atoms with Gasteiger partial charge in [0.2, 0.25) is 17.7 Å². The fourth-order valence-corrected chi connectivity index (χ4v) is 12.1. The number of nitrogens with one attached hydrogen (secondary N) is 3. The number of ether oxygens (including phenoxy) is 2. The third-order valence-corrected chi connectivity index (χ3v) is 15.4. The first kappa shape index (κ1) is 43.0. The molecule has 5 aliphatic rings. The highest BCUT2D eigenvalue weighted by Gasteiger charge is 2.76. The van der Waals surface area contributed by atoms with Gasteiger partial charge in [0.05, 0.1) is 29.0 Å². The normalized spacial score (nSPS) is 32.7. The van der Waals surface area contributed by atoms with E-state index in [1.807, 2.05) is 44.2 Å². The number of benzene rings is 1. The zero-order valence-electron chi connectivity index (χ0n) is 33.1. The lowest BCUT2D eigenvalue weighted by atomic mass is 9.46. The van der Waals surface area contributed by atoms with Crippen LogP contribution in [0.5, 0.6) is 0 Å². The fraction of sp³-hybridized carbons (Fsp3) is 0.535. The second-order valence-corrected chi connectivity index (χ2v) is 18.6. The van der Waals surface area contributed by atoms with Crippen molar-refractivity contribution >= 4 is 68.2 Å². The Morgan fingerprint density at radius 1 is 1.07 bits per heavy atom. The van der Waals surface area contributed by atoms with E-state index in [1.54, 1.807) is 24.3 Å². The lowest BCUT2D eigenvalue weighted by Gasteiger charge is -2.59. The molecule has 7 rings (SSSR count). The molecule has 3 amide bonds. The van der Waals surface area contributed by atoms with Gasteiger partial charge in [0.15, 0.2) is 23.5 Å². The quantitative estimate of drug-likeness (QED) is 0.147. The molecule has 6 N–H and O–H groups in total. The second-order valence-electron chi connectivity index (χ2n) is 16.9. The Morgan fingerprint density at radius 3 is 2.51 bits per heavy atom. The number of aliphatic carboxylic acids is 1. The molecular formula is C43H50BrN3O11S. The number of hydrogen-bond donors (Lipinski definition) is 6. The number of allylic oxidation sites excluding steroid dienone is 4. The highest BCUT2D eigenvalue weighted by atomic mass is 79.9. The van der Waals surface area contributed by atoms with E-state index in [-0.39, 0.29) is 54.2 Å². The van der Waals surface area contributed by atoms with Crippen molar-refractivity contribution in [2.75, 3.05) is 23.8 Å². The average molecular weight is 897 g/mol. The van der Waals surface area contributed by atoms with Gasteiger partial charge in [-0.15, -0.1) is 11.3 Å². The van der Waals surface area contributed by atoms with Crippen LogP contribution < -0.4 is 16.0 Å². The summed E-state index contributed by atoms with van der Waals surface area (Å²) in [6, 6.07) is 9.90. The van der Waals surface area contributed by atoms with Gasteiger partial charge in [-0.1, -0.05) is 60.5 Å². The fourth-order valence-electron chi connectivity index (χ4n) is 10.8. The first-order chi connectivity index (χ1) is 28.0. The van der Waals surface area contributed by atoms with E-state index >= 15 is 0 Å². The van der Waals surface area contributed by atoms with Crippen molar-refractivity contribution in [1.29, 1.82) is 0 Å². The lowest BCUT2D eigenvalue weighted by Crippen LogP contribution is -2.63. The minimum absolute atomic E-state index is 0.000854. The summed E-state index contributed by atoms with van der Waals surface area (Å²) in [6.45, 7) is 5.06. The minimum atomic E-state index is -1.45. The largest absolute Gasteiger partial charge is 0.481 e. The first-order valence-electron chi connectivity index (χ1n) is 20.0. The number of carboxylic acids is 1. The SMILES string of the molecule is C[C@H](c1ccc(NC(=O)[C@H](CCC(=O)O)NC(=O)CNC(=O)CBr)cc1)c1ccc([C@@H]2O[C@@H]3C[C@H]4[C@@H]5CCC6=CC(=O)C=C[C@]6(C)[C@H]5[C@@H](O)C[C@]4(C)[C@]3(C(=O)CO)O2)s1. The van der Waals surface area contributed by atoms with E-state index < -0.39 is 77.1 Å². The van der Waals surface area contributed by atoms with Crippen LogP contribution in [0.25, 0.3) is 0 Å². The maximum Gasteiger partial charge on any atom is 0.303 e. The molecule has 1 saturated heterocycles. The molecule has 11 atom stereocenters. The highest BCUT2D eigenvalue weighted by Crippen LogP contribution is 2.70. The summed E-state index contributed by atoms with van der Waals surface area (Å²) in [5, 5.41) is 39.1. The third kappa shape index (κ3) is 7.76. The van der Waals surface area contributed by atoms with Crippen molar-refractivity contribution in [2.45, 2.75) is 95.4 Å². The predicted octanol–water partition coefficient (Wildman–Crippen LogP) is 4.30. The van der Waals surface area contributed by atoms with E-state index in [2.05, 4.69) is 38.8 Å². The number of Topliss-reactive ketones (excluding diaryl/α,β-unsaturated/α-hetero) is 1. The molecule has 316 valence electrons. The van der Waals surface area contributed by atoms with Crippen molar-refractivity contribution in [3.63, 3.8) is 0 Å². The van der Waals surface area contributed by atoms with Gasteiger partial charge in [-0.05, 0) is 85.9 Å². The highest BCUT2D eigenvalue weighted by molar-refractivity contribution is 9.09. The summed E-state index contributed by atoms with van der Waals surface area (Å²) in [7, 11) is 0. The van der Waals surface area contributed by atoms with Crippen LogP contribution in [0.3, 0.4) is 0 Å². The number of anilines is 1. The Morgan fingerprint density at radius 2 is 1.81 bits per heavy atom. The van der Waals surface area contributed by atoms with Crippen molar-refractivity contribution < 1.29 is 53.6 Å². The zero-order chi connectivity index (χ0) is 42.4. The molecule has 0 bridgehead atoms. The van der Waals surface area contributed by atoms with E-state index in [1.165, 1.54) is 11.3 Å². The molecule has 0 spiro atoms. The number of carboxylic acid groups (broad SMARTS) is 1. The molecule has 4 fully saturated rings. The third-order valence-electron chi connectivity index (χ3n) is 13.6. The van der Waals surface area contributed by atoms with Gasteiger partial charge in [-0.25, -0.2) is 0 Å². The Kier molecular flexibility index (Phi) is 12.2. The number of rotatable bonds is 14. The molecule has 1 aromatic carbocycles. The van der Waals surface area contributed by atoms with Gasteiger partial charge in [0.1, 0.15) is 12.6 Å². The Bertz CT molecular complexity index is 2090. The average Bonchev–Trinajstić information content (AvgIpc) is 3.91. The summed E-state index contributed by atoms with van der Waals surface area (Å²) in [5.74, 6) is -3.44. The number of thiophene rings is 1. The topological polar surface area (TPSA) is 218 Å². The molecule has 0 unspecified atom stereocenters. The second kappa shape index (κ2) is 16.8. The number of fused-ring (bicyclic) bond motifs is 7. The van der Waals surface area contributed by atoms with Crippen LogP contribution >= 0.6 is 27.3 Å². The number of aliphatic hydroxyl groups is 2. The van der Waals surface area contributed by atoms with Crippen LogP contribution in [-0.2, 0) is 38.2 Å². The maximum atomic E-state index is 14.0. The van der Waals surface area contributed by atoms with Crippen molar-refractivity contribution in [2.24, 2.45) is 28.6 Å². The van der Waals surface area contributed by atoms with Gasteiger partial charge in [-0.3, -0.25) is 28.8 Å². The van der Waals surface area contributed by atoms with Gasteiger partial charge in [0, 0.05) is 39.7 Å². The van der Waals surface area contributed by atoms with Crippen LogP contribution in [0.2, 0.25) is 0 Å². The maximum absolute atomic E-state index is 14.0. The molecule has 2 aromatic rings. The molecule has 59 heavy (non-hydrogen) atoms. The predicted molar refractivity (Wildman–Crippen MR) is 219 cm³/mol. The molecule has 2 heterocycles. The molecule has 1 aliphatic heterocycles. The smallest absolute Gasteiger partial charge is 0.303 e. The van der Waals surface area contributed by atoms with Crippen LogP contribution in [0.15, 0.2) is 60.2 Å². The van der Waals surface area contributed by atoms with Crippen LogP contribution in [0.4, 0.5) is 5.69 Å². The van der Waals surface area contributed by atoms with E-state index in [0.29, 0.717) is 18.5 Å². The summed E-state index contributed by atoms with van der Waals surface area (Å²) >= 11 is 4.48. The summed E-state index contributed by atoms with van der Waals surface area (Å²) in [4.78, 5) is 76.2. The Balaban J connectivity index is 1.03. The number of hydrogen-bond acceptors (Lipinski definition) is 11. The Hall–Kier alpha value is -4.06. The van der Waals surface area contributed by atoms with Crippen LogP contribution in [-0.4, -0.2) is 92.9 Å². The van der Waals surface area contributed by atoms with Gasteiger partial charge < -0.3 is 40.7 Å². The van der Waals surface area contributed by atoms with Crippen LogP contribution in [0, 0.1) is 28.6 Å². The monoisotopic (exact) mass is 895 g/mol. The summed E-state index contributed by atoms with van der Waals surface area (Å²) in [5.41, 5.74) is -0.310. The molecule has 1 aromatic heterocycles. The molecule has 0 radical (unpaired) electrons. The number of amides is 3. The minimum Gasteiger partial charge on any atom is -0.481 e. The molecule has 3 saturated carbocycles. The lowest BCUT2D eigenvalue weighted by molar-refractivity contribution is -0.200. The molecule has 4 aliphatic carbocycles. The number of alkyl halides is 1. The molecule has 16 heteroatoms. The standard InChI is InChI=1S/C43H50BrN3O11S/c1-22(23-4-7-25(8-5-23)46-39(56)29(10-13-37(54)55)47-36(53)20-45-35(52)19-44)31-11-12-32(59-31)40-57-34-17-28-27-9-6-24-16-26(49)14-15-41(24,2)38(27)30(50)18-42(28,3)43(34,58-40)33(51)21-48/h4-5,7-8,11-12,14-16,22,27-30,34,38,40,48,50H,6,9-10,13,17-21H2,1-3H3,(H,45,52)(H,46,56)(H,47,53)(H,54,55)/t22-,27+,28+,29+,30+,34-,38-,40-,41+,42+,43-/m1/s1. The number of carbonyl (C=O) groups excluding carboxylic acids is 5.